The molecule has 0 saturated carbocycles. The molecule has 1 N–H and O–H groups in total. The van der Waals surface area contributed by atoms with Crippen molar-refractivity contribution in [3.05, 3.63) is 0 Å². The van der Waals surface area contributed by atoms with Gasteiger partial charge in [-0.05, 0) is 38.8 Å². The van der Waals surface area contributed by atoms with Gasteiger partial charge in [-0.25, -0.2) is 0 Å². The third-order valence-electron chi connectivity index (χ3n) is 3.23. The maximum atomic E-state index is 11.8. The first-order valence-corrected chi connectivity index (χ1v) is 6.92. The average molecular weight is 256 g/mol. The van der Waals surface area contributed by atoms with Crippen LogP contribution in [0.25, 0.3) is 0 Å². The van der Waals surface area contributed by atoms with Crippen LogP contribution in [0.3, 0.4) is 0 Å². The standard InChI is InChI=1S/C14H28N2O2/c1-14(2,11-16(3)4)10-15-13(17)8-7-12-6-5-9-18-12/h12H,5-11H2,1-4H3,(H,15,17). The first-order valence-electron chi connectivity index (χ1n) is 6.92. The Morgan fingerprint density at radius 1 is 1.44 bits per heavy atom. The minimum atomic E-state index is 0.114. The van der Waals surface area contributed by atoms with Crippen LogP contribution in [0.5, 0.6) is 0 Å². The largest absolute Gasteiger partial charge is 0.378 e. The van der Waals surface area contributed by atoms with Crippen molar-refractivity contribution in [2.24, 2.45) is 5.41 Å². The molecule has 0 aliphatic carbocycles. The van der Waals surface area contributed by atoms with Crippen LogP contribution in [0.1, 0.15) is 39.5 Å². The molecule has 1 amide bonds. The molecule has 0 bridgehead atoms. The zero-order valence-electron chi connectivity index (χ0n) is 12.3. The van der Waals surface area contributed by atoms with E-state index in [1.165, 1.54) is 0 Å². The number of ether oxygens (including phenoxy) is 1. The smallest absolute Gasteiger partial charge is 0.220 e. The topological polar surface area (TPSA) is 41.6 Å². The van der Waals surface area contributed by atoms with Gasteiger partial charge in [-0.15, -0.1) is 0 Å². The van der Waals surface area contributed by atoms with Gasteiger partial charge >= 0.3 is 0 Å². The maximum Gasteiger partial charge on any atom is 0.220 e. The molecule has 0 aromatic carbocycles. The highest BCUT2D eigenvalue weighted by atomic mass is 16.5. The molecule has 1 rings (SSSR count). The zero-order valence-corrected chi connectivity index (χ0v) is 12.3. The number of hydrogen-bond donors (Lipinski definition) is 1. The molecule has 1 fully saturated rings. The van der Waals surface area contributed by atoms with Crippen LogP contribution in [-0.2, 0) is 9.53 Å². The molecule has 18 heavy (non-hydrogen) atoms. The van der Waals surface area contributed by atoms with Crippen molar-refractivity contribution >= 4 is 5.91 Å². The summed E-state index contributed by atoms with van der Waals surface area (Å²) in [6.45, 7) is 6.91. The monoisotopic (exact) mass is 256 g/mol. The first-order chi connectivity index (χ1) is 8.39. The fourth-order valence-corrected chi connectivity index (χ4v) is 2.50. The molecule has 1 heterocycles. The summed E-state index contributed by atoms with van der Waals surface area (Å²) in [4.78, 5) is 13.9. The number of nitrogens with zero attached hydrogens (tertiary/aromatic N) is 1. The lowest BCUT2D eigenvalue weighted by molar-refractivity contribution is -0.122. The molecular weight excluding hydrogens is 228 g/mol. The van der Waals surface area contributed by atoms with Crippen molar-refractivity contribution in [1.29, 1.82) is 0 Å². The van der Waals surface area contributed by atoms with Crippen molar-refractivity contribution in [3.8, 4) is 0 Å². The van der Waals surface area contributed by atoms with Crippen LogP contribution in [0.15, 0.2) is 0 Å². The molecule has 1 aliphatic rings. The van der Waals surface area contributed by atoms with E-state index in [9.17, 15) is 4.79 Å². The molecule has 4 heteroatoms. The molecule has 0 aromatic rings. The Morgan fingerprint density at radius 2 is 2.17 bits per heavy atom. The average Bonchev–Trinajstić information content (AvgIpc) is 2.74. The van der Waals surface area contributed by atoms with Gasteiger partial charge in [-0.2, -0.15) is 0 Å². The van der Waals surface area contributed by atoms with Crippen molar-refractivity contribution in [3.63, 3.8) is 0 Å². The lowest BCUT2D eigenvalue weighted by Crippen LogP contribution is -2.40. The van der Waals surface area contributed by atoms with Crippen molar-refractivity contribution in [2.45, 2.75) is 45.6 Å². The highest BCUT2D eigenvalue weighted by molar-refractivity contribution is 5.75. The van der Waals surface area contributed by atoms with Gasteiger partial charge in [-0.3, -0.25) is 4.79 Å². The Kier molecular flexibility index (Phi) is 6.09. The Labute approximate surface area is 111 Å². The predicted octanol–water partition coefficient (Wildman–Crippen LogP) is 1.65. The SMILES string of the molecule is CN(C)CC(C)(C)CNC(=O)CCC1CCCO1. The van der Waals surface area contributed by atoms with Crippen molar-refractivity contribution in [2.75, 3.05) is 33.8 Å². The summed E-state index contributed by atoms with van der Waals surface area (Å²) >= 11 is 0. The number of rotatable bonds is 7. The lowest BCUT2D eigenvalue weighted by Gasteiger charge is -2.28. The van der Waals surface area contributed by atoms with Gasteiger partial charge in [0, 0.05) is 26.1 Å². The second kappa shape index (κ2) is 7.10. The molecule has 1 saturated heterocycles. The van der Waals surface area contributed by atoms with E-state index in [4.69, 9.17) is 4.74 Å². The molecule has 1 aliphatic heterocycles. The number of carbonyl (C=O) groups excluding carboxylic acids is 1. The third-order valence-corrected chi connectivity index (χ3v) is 3.23. The van der Waals surface area contributed by atoms with Crippen LogP contribution in [0.2, 0.25) is 0 Å². The van der Waals surface area contributed by atoms with Crippen molar-refractivity contribution in [1.82, 2.24) is 10.2 Å². The third kappa shape index (κ3) is 6.36. The minimum absolute atomic E-state index is 0.114. The summed E-state index contributed by atoms with van der Waals surface area (Å²) in [6, 6.07) is 0. The second-order valence-corrected chi connectivity index (χ2v) is 6.35. The molecule has 1 unspecified atom stereocenters. The Bertz CT molecular complexity index is 259. The van der Waals surface area contributed by atoms with E-state index in [1.807, 2.05) is 0 Å². The maximum absolute atomic E-state index is 11.8. The summed E-state index contributed by atoms with van der Waals surface area (Å²) < 4.78 is 5.51. The lowest BCUT2D eigenvalue weighted by atomic mass is 9.93. The fraction of sp³-hybridized carbons (Fsp3) is 0.929. The van der Waals surface area contributed by atoms with Gasteiger partial charge < -0.3 is 15.0 Å². The minimum Gasteiger partial charge on any atom is -0.378 e. The summed E-state index contributed by atoms with van der Waals surface area (Å²) in [5.74, 6) is 0.150. The molecule has 1 atom stereocenters. The van der Waals surface area contributed by atoms with Gasteiger partial charge in [0.15, 0.2) is 0 Å². The summed E-state index contributed by atoms with van der Waals surface area (Å²) in [5.41, 5.74) is 0.114. The second-order valence-electron chi connectivity index (χ2n) is 6.35. The van der Waals surface area contributed by atoms with Gasteiger partial charge in [0.2, 0.25) is 5.91 Å². The molecule has 4 nitrogen and oxygen atoms in total. The van der Waals surface area contributed by atoms with Crippen LogP contribution in [0, 0.1) is 5.41 Å². The quantitative estimate of drug-likeness (QED) is 0.753. The highest BCUT2D eigenvalue weighted by Gasteiger charge is 2.21. The number of nitrogens with one attached hydrogen (secondary N) is 1. The van der Waals surface area contributed by atoms with E-state index in [-0.39, 0.29) is 11.3 Å². The summed E-state index contributed by atoms with van der Waals surface area (Å²) in [5, 5.41) is 3.03. The summed E-state index contributed by atoms with van der Waals surface area (Å²) in [6.07, 6.45) is 4.01. The van der Waals surface area contributed by atoms with E-state index < -0.39 is 0 Å². The Balaban J connectivity index is 2.15. The highest BCUT2D eigenvalue weighted by Crippen LogP contribution is 2.17. The van der Waals surface area contributed by atoms with Crippen molar-refractivity contribution < 1.29 is 9.53 Å². The first kappa shape index (κ1) is 15.4. The number of amides is 1. The van der Waals surface area contributed by atoms with Crippen LogP contribution < -0.4 is 5.32 Å². The zero-order chi connectivity index (χ0) is 13.6. The molecule has 0 aromatic heterocycles. The molecule has 0 radical (unpaired) electrons. The van der Waals surface area contributed by atoms with Gasteiger partial charge in [0.1, 0.15) is 0 Å². The Hall–Kier alpha value is -0.610. The van der Waals surface area contributed by atoms with Gasteiger partial charge in [0.05, 0.1) is 6.10 Å². The molecular formula is C14H28N2O2. The van der Waals surface area contributed by atoms with Crippen LogP contribution in [0.4, 0.5) is 0 Å². The van der Waals surface area contributed by atoms with Crippen LogP contribution >= 0.6 is 0 Å². The van der Waals surface area contributed by atoms with E-state index >= 15 is 0 Å². The van der Waals surface area contributed by atoms with E-state index in [0.29, 0.717) is 12.5 Å². The number of carbonyl (C=O) groups is 1. The molecule has 0 spiro atoms. The van der Waals surface area contributed by atoms with E-state index in [2.05, 4.69) is 38.2 Å². The molecule has 106 valence electrons. The Morgan fingerprint density at radius 3 is 2.72 bits per heavy atom. The van der Waals surface area contributed by atoms with E-state index in [0.717, 1.165) is 39.0 Å². The number of hydrogen-bond acceptors (Lipinski definition) is 3. The van der Waals surface area contributed by atoms with Gasteiger partial charge in [0.25, 0.3) is 0 Å². The normalized spacial score (nSPS) is 20.4. The predicted molar refractivity (Wildman–Crippen MR) is 73.6 cm³/mol. The van der Waals surface area contributed by atoms with Crippen LogP contribution in [-0.4, -0.2) is 50.7 Å². The summed E-state index contributed by atoms with van der Waals surface area (Å²) in [7, 11) is 4.11. The van der Waals surface area contributed by atoms with E-state index in [1.54, 1.807) is 0 Å². The van der Waals surface area contributed by atoms with Gasteiger partial charge in [-0.1, -0.05) is 13.8 Å². The fourth-order valence-electron chi connectivity index (χ4n) is 2.50.